The Bertz CT molecular complexity index is 161. The third-order valence-corrected chi connectivity index (χ3v) is 2.75. The number of piperidine rings is 1. The lowest BCUT2D eigenvalue weighted by Crippen LogP contribution is -2.49. The highest BCUT2D eigenvalue weighted by atomic mass is 16.5. The molecule has 1 unspecified atom stereocenters. The first-order valence-corrected chi connectivity index (χ1v) is 5.01. The molecule has 1 rings (SSSR count). The maximum atomic E-state index is 9.27. The van der Waals surface area contributed by atoms with Crippen molar-refractivity contribution in [2.45, 2.75) is 38.4 Å². The normalized spacial score (nSPS) is 33.2. The number of β-amino-alcohol motifs (C(OH)–C–C–N with tert-alkyl or cyclic N) is 1. The Balaban J connectivity index is 2.42. The SMILES string of the molecule is COC1(C)CCCN(C[C@H](C)O)C1. The fourth-order valence-electron chi connectivity index (χ4n) is 2.00. The minimum atomic E-state index is -0.237. The molecule has 0 bridgehead atoms. The number of likely N-dealkylation sites (tertiary alicyclic amines) is 1. The molecule has 1 aliphatic rings. The molecule has 78 valence electrons. The molecule has 0 aromatic rings. The fraction of sp³-hybridized carbons (Fsp3) is 1.00. The molecule has 1 fully saturated rings. The van der Waals surface area contributed by atoms with Gasteiger partial charge in [0.15, 0.2) is 0 Å². The molecule has 0 radical (unpaired) electrons. The summed E-state index contributed by atoms with van der Waals surface area (Å²) in [7, 11) is 1.77. The van der Waals surface area contributed by atoms with Crippen LogP contribution in [0, 0.1) is 0 Å². The van der Waals surface area contributed by atoms with Gasteiger partial charge < -0.3 is 9.84 Å². The summed E-state index contributed by atoms with van der Waals surface area (Å²) in [5.41, 5.74) is -0.00681. The zero-order chi connectivity index (χ0) is 9.90. The molecule has 0 saturated carbocycles. The highest BCUT2D eigenvalue weighted by molar-refractivity contribution is 4.84. The van der Waals surface area contributed by atoms with E-state index in [1.807, 2.05) is 6.92 Å². The molecule has 1 heterocycles. The standard InChI is InChI=1S/C10H21NO2/c1-9(12)7-11-6-4-5-10(2,8-11)13-3/h9,12H,4-8H2,1-3H3/t9-,10?/m0/s1. The third-order valence-electron chi connectivity index (χ3n) is 2.75. The largest absolute Gasteiger partial charge is 0.392 e. The number of methoxy groups -OCH3 is 1. The van der Waals surface area contributed by atoms with E-state index in [2.05, 4.69) is 11.8 Å². The predicted octanol–water partition coefficient (Wildman–Crippen LogP) is 0.868. The summed E-state index contributed by atoms with van der Waals surface area (Å²) in [4.78, 5) is 2.28. The monoisotopic (exact) mass is 187 g/mol. The lowest BCUT2D eigenvalue weighted by molar-refractivity contribution is -0.0573. The van der Waals surface area contributed by atoms with Crippen LogP contribution in [0.5, 0.6) is 0 Å². The van der Waals surface area contributed by atoms with Crippen molar-refractivity contribution in [3.63, 3.8) is 0 Å². The molecular weight excluding hydrogens is 166 g/mol. The Morgan fingerprint density at radius 3 is 2.85 bits per heavy atom. The number of rotatable bonds is 3. The van der Waals surface area contributed by atoms with Crippen LogP contribution in [-0.2, 0) is 4.74 Å². The van der Waals surface area contributed by atoms with E-state index in [1.54, 1.807) is 7.11 Å². The van der Waals surface area contributed by atoms with Gasteiger partial charge in [0.2, 0.25) is 0 Å². The van der Waals surface area contributed by atoms with E-state index >= 15 is 0 Å². The summed E-state index contributed by atoms with van der Waals surface area (Å²) >= 11 is 0. The maximum Gasteiger partial charge on any atom is 0.0777 e. The summed E-state index contributed by atoms with van der Waals surface area (Å²) in [6, 6.07) is 0. The second-order valence-electron chi connectivity index (χ2n) is 4.34. The fourth-order valence-corrected chi connectivity index (χ4v) is 2.00. The van der Waals surface area contributed by atoms with Crippen molar-refractivity contribution in [1.29, 1.82) is 0 Å². The van der Waals surface area contributed by atoms with Crippen LogP contribution in [0.1, 0.15) is 26.7 Å². The predicted molar refractivity (Wildman–Crippen MR) is 52.8 cm³/mol. The van der Waals surface area contributed by atoms with Gasteiger partial charge in [0.1, 0.15) is 0 Å². The molecule has 2 atom stereocenters. The lowest BCUT2D eigenvalue weighted by Gasteiger charge is -2.39. The van der Waals surface area contributed by atoms with Crippen LogP contribution in [0.15, 0.2) is 0 Å². The molecule has 3 nitrogen and oxygen atoms in total. The molecule has 0 aromatic carbocycles. The molecule has 1 N–H and O–H groups in total. The molecule has 1 saturated heterocycles. The van der Waals surface area contributed by atoms with Crippen molar-refractivity contribution < 1.29 is 9.84 Å². The Morgan fingerprint density at radius 2 is 2.31 bits per heavy atom. The average molecular weight is 187 g/mol. The molecule has 13 heavy (non-hydrogen) atoms. The van der Waals surface area contributed by atoms with Crippen LogP contribution in [0.3, 0.4) is 0 Å². The molecule has 1 aliphatic heterocycles. The first-order chi connectivity index (χ1) is 6.06. The van der Waals surface area contributed by atoms with E-state index in [4.69, 9.17) is 4.74 Å². The Morgan fingerprint density at radius 1 is 1.62 bits per heavy atom. The minimum Gasteiger partial charge on any atom is -0.392 e. The lowest BCUT2D eigenvalue weighted by atomic mass is 9.94. The van der Waals surface area contributed by atoms with Crippen LogP contribution < -0.4 is 0 Å². The first-order valence-electron chi connectivity index (χ1n) is 5.01. The summed E-state index contributed by atoms with van der Waals surface area (Å²) in [5, 5.41) is 9.27. The summed E-state index contributed by atoms with van der Waals surface area (Å²) in [6.45, 7) is 6.76. The van der Waals surface area contributed by atoms with Crippen LogP contribution in [0.2, 0.25) is 0 Å². The maximum absolute atomic E-state index is 9.27. The highest BCUT2D eigenvalue weighted by Gasteiger charge is 2.30. The zero-order valence-electron chi connectivity index (χ0n) is 8.92. The number of nitrogens with zero attached hydrogens (tertiary/aromatic N) is 1. The van der Waals surface area contributed by atoms with Crippen molar-refractivity contribution in [3.05, 3.63) is 0 Å². The highest BCUT2D eigenvalue weighted by Crippen LogP contribution is 2.23. The molecule has 0 amide bonds. The van der Waals surface area contributed by atoms with Gasteiger partial charge in [0.05, 0.1) is 11.7 Å². The van der Waals surface area contributed by atoms with Crippen molar-refractivity contribution in [3.8, 4) is 0 Å². The van der Waals surface area contributed by atoms with Gasteiger partial charge in [0, 0.05) is 20.2 Å². The Kier molecular flexibility index (Phi) is 3.71. The first kappa shape index (κ1) is 11.0. The number of aliphatic hydroxyl groups excluding tert-OH is 1. The summed E-state index contributed by atoms with van der Waals surface area (Å²) < 4.78 is 5.47. The number of ether oxygens (including phenoxy) is 1. The number of hydrogen-bond donors (Lipinski definition) is 1. The minimum absolute atomic E-state index is 0.00681. The summed E-state index contributed by atoms with van der Waals surface area (Å²) in [5.74, 6) is 0. The van der Waals surface area contributed by atoms with E-state index in [0.29, 0.717) is 0 Å². The second kappa shape index (κ2) is 4.40. The van der Waals surface area contributed by atoms with Crippen LogP contribution in [0.4, 0.5) is 0 Å². The van der Waals surface area contributed by atoms with Gasteiger partial charge in [0.25, 0.3) is 0 Å². The molecular formula is C10H21NO2. The number of aliphatic hydroxyl groups is 1. The Labute approximate surface area is 80.7 Å². The van der Waals surface area contributed by atoms with Gasteiger partial charge in [-0.25, -0.2) is 0 Å². The summed E-state index contributed by atoms with van der Waals surface area (Å²) in [6.07, 6.45) is 2.05. The quantitative estimate of drug-likeness (QED) is 0.711. The topological polar surface area (TPSA) is 32.7 Å². The number of hydrogen-bond acceptors (Lipinski definition) is 3. The van der Waals surface area contributed by atoms with Crippen LogP contribution >= 0.6 is 0 Å². The van der Waals surface area contributed by atoms with Gasteiger partial charge in [-0.05, 0) is 33.2 Å². The van der Waals surface area contributed by atoms with E-state index in [-0.39, 0.29) is 11.7 Å². The second-order valence-corrected chi connectivity index (χ2v) is 4.34. The van der Waals surface area contributed by atoms with E-state index < -0.39 is 0 Å². The van der Waals surface area contributed by atoms with E-state index in [0.717, 1.165) is 32.5 Å². The van der Waals surface area contributed by atoms with E-state index in [1.165, 1.54) is 0 Å². The van der Waals surface area contributed by atoms with Crippen molar-refractivity contribution in [1.82, 2.24) is 4.90 Å². The molecule has 0 aromatic heterocycles. The van der Waals surface area contributed by atoms with Crippen LogP contribution in [-0.4, -0.2) is 48.5 Å². The van der Waals surface area contributed by atoms with Gasteiger partial charge in [-0.15, -0.1) is 0 Å². The molecule has 0 aliphatic carbocycles. The van der Waals surface area contributed by atoms with Crippen molar-refractivity contribution >= 4 is 0 Å². The smallest absolute Gasteiger partial charge is 0.0777 e. The molecule has 3 heteroatoms. The molecule has 0 spiro atoms. The van der Waals surface area contributed by atoms with Gasteiger partial charge in [-0.1, -0.05) is 0 Å². The Hall–Kier alpha value is -0.120. The van der Waals surface area contributed by atoms with Gasteiger partial charge in [-0.2, -0.15) is 0 Å². The van der Waals surface area contributed by atoms with Crippen LogP contribution in [0.25, 0.3) is 0 Å². The zero-order valence-corrected chi connectivity index (χ0v) is 8.92. The van der Waals surface area contributed by atoms with Crippen molar-refractivity contribution in [2.75, 3.05) is 26.7 Å². The van der Waals surface area contributed by atoms with Crippen molar-refractivity contribution in [2.24, 2.45) is 0 Å². The van der Waals surface area contributed by atoms with Gasteiger partial charge >= 0.3 is 0 Å². The average Bonchev–Trinajstić information content (AvgIpc) is 2.03. The third kappa shape index (κ3) is 3.25. The van der Waals surface area contributed by atoms with Gasteiger partial charge in [-0.3, -0.25) is 4.90 Å². The van der Waals surface area contributed by atoms with E-state index in [9.17, 15) is 5.11 Å².